The van der Waals surface area contributed by atoms with Gasteiger partial charge in [0, 0.05) is 19.5 Å². The normalized spacial score (nSPS) is 13.1. The predicted molar refractivity (Wildman–Crippen MR) is 153 cm³/mol. The molecule has 40 heavy (non-hydrogen) atoms. The summed E-state index contributed by atoms with van der Waals surface area (Å²) >= 11 is 0.980. The van der Waals surface area contributed by atoms with E-state index in [-0.39, 0.29) is 40.1 Å². The van der Waals surface area contributed by atoms with Gasteiger partial charge in [0.2, 0.25) is 0 Å². The summed E-state index contributed by atoms with van der Waals surface area (Å²) in [5.41, 5.74) is 19.5. The number of rotatable bonds is 12. The number of nitrogens with zero attached hydrogens (tertiary/aromatic N) is 1. The van der Waals surface area contributed by atoms with E-state index in [1.807, 2.05) is 30.3 Å². The Morgan fingerprint density at radius 1 is 1.12 bits per heavy atom. The topological polar surface area (TPSA) is 212 Å². The number of aliphatic carboxylic acids is 1. The molecule has 212 valence electrons. The van der Waals surface area contributed by atoms with Crippen molar-refractivity contribution in [2.45, 2.75) is 36.7 Å². The number of guanidine groups is 1. The number of benzene rings is 2. The third-order valence-electron chi connectivity index (χ3n) is 6.23. The van der Waals surface area contributed by atoms with Gasteiger partial charge in [0.25, 0.3) is 15.9 Å². The molecular weight excluding hydrogens is 556 g/mol. The maximum atomic E-state index is 13.6. The van der Waals surface area contributed by atoms with Crippen LogP contribution < -0.4 is 32.0 Å². The molecule has 0 saturated carbocycles. The number of nitrogens with one attached hydrogen (secondary N) is 2. The fourth-order valence-corrected chi connectivity index (χ4v) is 6.32. The number of hydrogen-bond donors (Lipinski definition) is 6. The van der Waals surface area contributed by atoms with Gasteiger partial charge in [-0.1, -0.05) is 24.3 Å². The molecule has 0 saturated heterocycles. The summed E-state index contributed by atoms with van der Waals surface area (Å²) < 4.78 is 35.4. The van der Waals surface area contributed by atoms with Crippen LogP contribution in [0.1, 0.15) is 33.6 Å². The summed E-state index contributed by atoms with van der Waals surface area (Å²) in [6, 6.07) is 11.2. The van der Waals surface area contributed by atoms with Crippen LogP contribution in [0.5, 0.6) is 5.75 Å². The Morgan fingerprint density at radius 3 is 2.55 bits per heavy atom. The molecular formula is C26H30N6O6S2. The van der Waals surface area contributed by atoms with Crippen molar-refractivity contribution in [3.63, 3.8) is 0 Å². The van der Waals surface area contributed by atoms with Gasteiger partial charge in [-0.3, -0.25) is 14.5 Å². The molecule has 0 bridgehead atoms. The largest absolute Gasteiger partial charge is 0.492 e. The molecule has 0 fully saturated rings. The summed E-state index contributed by atoms with van der Waals surface area (Å²) in [5, 5.41) is 13.5. The zero-order valence-corrected chi connectivity index (χ0v) is 23.1. The second-order valence-electron chi connectivity index (χ2n) is 9.04. The molecule has 1 aliphatic heterocycles. The van der Waals surface area contributed by atoms with Crippen LogP contribution in [-0.4, -0.2) is 50.6 Å². The minimum atomic E-state index is -4.20. The summed E-state index contributed by atoms with van der Waals surface area (Å²) in [7, 11) is -4.20. The SMILES string of the molecule is NCc1ccc(-c2cc3c(c(S(=O)(=O)Nc4ccsc4C(=O)NC(CCCN=C(N)N)C(=O)O)c2)OCC3)cc1. The van der Waals surface area contributed by atoms with Crippen molar-refractivity contribution in [2.75, 3.05) is 17.9 Å². The van der Waals surface area contributed by atoms with Crippen LogP contribution in [0, 0.1) is 0 Å². The Morgan fingerprint density at radius 2 is 1.88 bits per heavy atom. The van der Waals surface area contributed by atoms with Crippen LogP contribution in [0.15, 0.2) is 57.7 Å². The van der Waals surface area contributed by atoms with Crippen molar-refractivity contribution in [1.82, 2.24) is 5.32 Å². The highest BCUT2D eigenvalue weighted by atomic mass is 32.2. The zero-order chi connectivity index (χ0) is 28.9. The first-order valence-electron chi connectivity index (χ1n) is 12.4. The molecule has 9 N–H and O–H groups in total. The van der Waals surface area contributed by atoms with Crippen molar-refractivity contribution >= 4 is 44.9 Å². The number of carboxylic acids is 1. The second-order valence-corrected chi connectivity index (χ2v) is 11.6. The monoisotopic (exact) mass is 586 g/mol. The number of anilines is 1. The standard InChI is InChI=1S/C26H30N6O6S2/c27-14-15-3-5-16(6-4-15)18-12-17-7-10-38-22(17)21(13-18)40(36,37)32-19-8-11-39-23(19)24(33)31-20(25(34)35)2-1-9-30-26(28)29/h3-6,8,11-13,20,32H,1-2,7,9-10,14,27H2,(H,31,33)(H,34,35)(H4,28,29,30). The second kappa shape index (κ2) is 12.4. The van der Waals surface area contributed by atoms with Gasteiger partial charge in [-0.2, -0.15) is 0 Å². The number of carboxylic acid groups (broad SMARTS) is 1. The van der Waals surface area contributed by atoms with Crippen LogP contribution in [0.25, 0.3) is 11.1 Å². The lowest BCUT2D eigenvalue weighted by Crippen LogP contribution is -2.40. The number of amides is 1. The summed E-state index contributed by atoms with van der Waals surface area (Å²) in [6.07, 6.45) is 0.945. The lowest BCUT2D eigenvalue weighted by atomic mass is 10.0. The highest BCUT2D eigenvalue weighted by Crippen LogP contribution is 2.38. The number of carbonyl (C=O) groups excluding carboxylic acids is 1. The van der Waals surface area contributed by atoms with Crippen molar-refractivity contribution in [3.8, 4) is 16.9 Å². The molecule has 0 spiro atoms. The average Bonchev–Trinajstić information content (AvgIpc) is 3.58. The number of thiophene rings is 1. The van der Waals surface area contributed by atoms with E-state index in [1.54, 1.807) is 0 Å². The molecule has 4 rings (SSSR count). The summed E-state index contributed by atoms with van der Waals surface area (Å²) in [5.74, 6) is -1.81. The number of sulfonamides is 1. The van der Waals surface area contributed by atoms with E-state index in [2.05, 4.69) is 15.0 Å². The van der Waals surface area contributed by atoms with Gasteiger partial charge in [-0.05, 0) is 58.7 Å². The van der Waals surface area contributed by atoms with Gasteiger partial charge < -0.3 is 32.4 Å². The molecule has 1 amide bonds. The van der Waals surface area contributed by atoms with E-state index in [0.29, 0.717) is 31.6 Å². The van der Waals surface area contributed by atoms with E-state index < -0.39 is 27.9 Å². The molecule has 2 heterocycles. The lowest BCUT2D eigenvalue weighted by molar-refractivity contribution is -0.139. The van der Waals surface area contributed by atoms with E-state index in [1.165, 1.54) is 17.5 Å². The Hall–Kier alpha value is -4.14. The van der Waals surface area contributed by atoms with Crippen LogP contribution in [0.4, 0.5) is 5.69 Å². The third kappa shape index (κ3) is 6.70. The molecule has 0 aliphatic carbocycles. The van der Waals surface area contributed by atoms with Crippen molar-refractivity contribution < 1.29 is 27.9 Å². The minimum Gasteiger partial charge on any atom is -0.492 e. The molecule has 12 nitrogen and oxygen atoms in total. The van der Waals surface area contributed by atoms with E-state index in [4.69, 9.17) is 21.9 Å². The zero-order valence-electron chi connectivity index (χ0n) is 21.4. The molecule has 1 aromatic heterocycles. The van der Waals surface area contributed by atoms with Gasteiger partial charge in [-0.15, -0.1) is 11.3 Å². The van der Waals surface area contributed by atoms with Crippen LogP contribution >= 0.6 is 11.3 Å². The predicted octanol–water partition coefficient (Wildman–Crippen LogP) is 1.85. The Balaban J connectivity index is 1.57. The number of fused-ring (bicyclic) bond motifs is 1. The van der Waals surface area contributed by atoms with Gasteiger partial charge in [-0.25, -0.2) is 13.2 Å². The first-order valence-corrected chi connectivity index (χ1v) is 14.7. The number of nitrogens with two attached hydrogens (primary N) is 3. The van der Waals surface area contributed by atoms with Gasteiger partial charge >= 0.3 is 5.97 Å². The summed E-state index contributed by atoms with van der Waals surface area (Å²) in [4.78, 5) is 28.4. The molecule has 14 heteroatoms. The van der Waals surface area contributed by atoms with Crippen molar-refractivity contribution in [2.24, 2.45) is 22.2 Å². The molecule has 0 radical (unpaired) electrons. The maximum absolute atomic E-state index is 13.6. The Bertz CT molecular complexity index is 1530. The quantitative estimate of drug-likeness (QED) is 0.104. The fraction of sp³-hybridized carbons (Fsp3) is 0.269. The van der Waals surface area contributed by atoms with Crippen molar-refractivity contribution in [3.05, 3.63) is 63.8 Å². The molecule has 1 aliphatic rings. The highest BCUT2D eigenvalue weighted by Gasteiger charge is 2.29. The van der Waals surface area contributed by atoms with Crippen LogP contribution in [0.2, 0.25) is 0 Å². The number of hydrogen-bond acceptors (Lipinski definition) is 8. The average molecular weight is 587 g/mol. The first kappa shape index (κ1) is 28.9. The molecule has 1 atom stereocenters. The van der Waals surface area contributed by atoms with Crippen molar-refractivity contribution in [1.29, 1.82) is 0 Å². The Kier molecular flexibility index (Phi) is 8.92. The minimum absolute atomic E-state index is 0.0186. The van der Waals surface area contributed by atoms with E-state index in [0.717, 1.165) is 28.0 Å². The van der Waals surface area contributed by atoms with Gasteiger partial charge in [0.15, 0.2) is 5.96 Å². The maximum Gasteiger partial charge on any atom is 0.326 e. The van der Waals surface area contributed by atoms with Gasteiger partial charge in [0.05, 0.1) is 12.3 Å². The molecule has 1 unspecified atom stereocenters. The van der Waals surface area contributed by atoms with E-state index >= 15 is 0 Å². The first-order chi connectivity index (χ1) is 19.1. The van der Waals surface area contributed by atoms with Crippen LogP contribution in [-0.2, 0) is 27.8 Å². The Labute approximate surface area is 235 Å². The lowest BCUT2D eigenvalue weighted by Gasteiger charge is -2.16. The summed E-state index contributed by atoms with van der Waals surface area (Å²) in [6.45, 7) is 0.942. The number of ether oxygens (including phenoxy) is 1. The molecule has 3 aromatic rings. The van der Waals surface area contributed by atoms with E-state index in [9.17, 15) is 23.1 Å². The van der Waals surface area contributed by atoms with Crippen LogP contribution in [0.3, 0.4) is 0 Å². The highest BCUT2D eigenvalue weighted by molar-refractivity contribution is 7.92. The number of carbonyl (C=O) groups is 2. The number of aliphatic imine (C=N–C) groups is 1. The fourth-order valence-electron chi connectivity index (χ4n) is 4.22. The van der Waals surface area contributed by atoms with Gasteiger partial charge in [0.1, 0.15) is 21.6 Å². The molecule has 2 aromatic carbocycles. The smallest absolute Gasteiger partial charge is 0.326 e. The third-order valence-corrected chi connectivity index (χ3v) is 8.51.